The quantitative estimate of drug-likeness (QED) is 0.534. The molecule has 5 nitrogen and oxygen atoms in total. The molecule has 1 aliphatic heterocycles. The van der Waals surface area contributed by atoms with Crippen molar-refractivity contribution in [1.29, 1.82) is 0 Å². The van der Waals surface area contributed by atoms with Crippen LogP contribution in [-0.2, 0) is 16.7 Å². The number of para-hydroxylation sites is 1. The van der Waals surface area contributed by atoms with Crippen LogP contribution in [0.1, 0.15) is 50.7 Å². The molecule has 0 aromatic heterocycles. The molecule has 2 atom stereocenters. The van der Waals surface area contributed by atoms with Gasteiger partial charge in [-0.3, -0.25) is 0 Å². The van der Waals surface area contributed by atoms with E-state index >= 15 is 0 Å². The summed E-state index contributed by atoms with van der Waals surface area (Å²) in [4.78, 5) is 0. The monoisotopic (exact) mass is 427 g/mol. The van der Waals surface area contributed by atoms with Crippen molar-refractivity contribution in [3.63, 3.8) is 0 Å². The minimum atomic E-state index is -0.109. The van der Waals surface area contributed by atoms with Crippen molar-refractivity contribution >= 4 is 0 Å². The molecular weight excluding hydrogens is 390 g/mol. The Hall–Kier alpha value is -2.24. The van der Waals surface area contributed by atoms with Crippen LogP contribution in [0.25, 0.3) is 0 Å². The summed E-state index contributed by atoms with van der Waals surface area (Å²) in [6.45, 7) is 6.93. The molecule has 1 saturated heterocycles. The summed E-state index contributed by atoms with van der Waals surface area (Å²) >= 11 is 0. The minimum Gasteiger partial charge on any atom is -0.496 e. The van der Waals surface area contributed by atoms with Crippen molar-refractivity contribution in [1.82, 2.24) is 5.32 Å². The van der Waals surface area contributed by atoms with Crippen LogP contribution in [0.5, 0.6) is 17.2 Å². The lowest BCUT2D eigenvalue weighted by molar-refractivity contribution is -0.0982. The molecule has 31 heavy (non-hydrogen) atoms. The lowest BCUT2D eigenvalue weighted by Gasteiger charge is -2.47. The average molecular weight is 428 g/mol. The summed E-state index contributed by atoms with van der Waals surface area (Å²) in [6, 6.07) is 14.5. The van der Waals surface area contributed by atoms with Crippen LogP contribution in [0.4, 0.5) is 0 Å². The first kappa shape index (κ1) is 23.4. The van der Waals surface area contributed by atoms with Gasteiger partial charge in [0.2, 0.25) is 0 Å². The van der Waals surface area contributed by atoms with Crippen molar-refractivity contribution in [2.75, 3.05) is 34.5 Å². The lowest BCUT2D eigenvalue weighted by Crippen LogP contribution is -2.46. The Kier molecular flexibility index (Phi) is 7.84. The number of hydrogen-bond donors (Lipinski definition) is 1. The summed E-state index contributed by atoms with van der Waals surface area (Å²) < 4.78 is 22.7. The van der Waals surface area contributed by atoms with Gasteiger partial charge in [-0.15, -0.1) is 0 Å². The molecule has 1 aliphatic rings. The predicted octanol–water partition coefficient (Wildman–Crippen LogP) is 5.11. The number of hydrogen-bond acceptors (Lipinski definition) is 5. The van der Waals surface area contributed by atoms with E-state index in [0.717, 1.165) is 62.6 Å². The first-order valence-corrected chi connectivity index (χ1v) is 11.2. The zero-order chi connectivity index (χ0) is 22.3. The molecule has 1 fully saturated rings. The van der Waals surface area contributed by atoms with Crippen molar-refractivity contribution in [3.05, 3.63) is 53.6 Å². The Balaban J connectivity index is 1.74. The maximum atomic E-state index is 6.20. The second-order valence-corrected chi connectivity index (χ2v) is 8.68. The topological polar surface area (TPSA) is 49.0 Å². The molecule has 3 rings (SSSR count). The Bertz CT molecular complexity index is 855. The van der Waals surface area contributed by atoms with E-state index in [4.69, 9.17) is 18.9 Å². The molecule has 5 heteroatoms. The highest BCUT2D eigenvalue weighted by molar-refractivity contribution is 5.43. The SMILES string of the molecule is CC[C@]1(C)C[C@](CCNCc2ccc(OC)c(OC)c2)(c2ccccc2OC)CCO1. The van der Waals surface area contributed by atoms with Crippen LogP contribution in [0.3, 0.4) is 0 Å². The highest BCUT2D eigenvalue weighted by Crippen LogP contribution is 2.47. The van der Waals surface area contributed by atoms with Gasteiger partial charge < -0.3 is 24.3 Å². The Morgan fingerprint density at radius 1 is 0.968 bits per heavy atom. The zero-order valence-electron chi connectivity index (χ0n) is 19.6. The van der Waals surface area contributed by atoms with Crippen LogP contribution in [0, 0.1) is 0 Å². The summed E-state index contributed by atoms with van der Waals surface area (Å²) in [5.41, 5.74) is 2.39. The highest BCUT2D eigenvalue weighted by atomic mass is 16.5. The smallest absolute Gasteiger partial charge is 0.161 e. The van der Waals surface area contributed by atoms with Gasteiger partial charge in [0, 0.05) is 24.1 Å². The molecule has 0 spiro atoms. The van der Waals surface area contributed by atoms with E-state index in [1.165, 1.54) is 11.1 Å². The molecular formula is C26H37NO4. The lowest BCUT2D eigenvalue weighted by atomic mass is 9.66. The van der Waals surface area contributed by atoms with Crippen molar-refractivity contribution in [2.45, 2.75) is 57.1 Å². The van der Waals surface area contributed by atoms with Gasteiger partial charge in [-0.1, -0.05) is 31.2 Å². The Morgan fingerprint density at radius 3 is 2.42 bits per heavy atom. The van der Waals surface area contributed by atoms with Crippen molar-refractivity contribution < 1.29 is 18.9 Å². The standard InChI is InChI=1S/C26H37NO4/c1-6-25(2)19-26(14-16-31-25,21-9-7-8-10-22(21)28-3)13-15-27-18-20-11-12-23(29-4)24(17-20)30-5/h7-12,17,27H,6,13-16,18-19H2,1-5H3/t25-,26-/m1/s1. The fraction of sp³-hybridized carbons (Fsp3) is 0.538. The number of nitrogens with one attached hydrogen (secondary N) is 1. The number of rotatable bonds is 10. The fourth-order valence-electron chi connectivity index (χ4n) is 4.79. The second kappa shape index (κ2) is 10.4. The number of methoxy groups -OCH3 is 3. The van der Waals surface area contributed by atoms with E-state index in [1.807, 2.05) is 18.2 Å². The van der Waals surface area contributed by atoms with Gasteiger partial charge >= 0.3 is 0 Å². The third kappa shape index (κ3) is 5.34. The molecule has 2 aromatic carbocycles. The molecule has 1 heterocycles. The fourth-order valence-corrected chi connectivity index (χ4v) is 4.79. The third-order valence-electron chi connectivity index (χ3n) is 6.73. The highest BCUT2D eigenvalue weighted by Gasteiger charge is 2.44. The number of benzene rings is 2. The summed E-state index contributed by atoms with van der Waals surface area (Å²) in [7, 11) is 5.09. The molecule has 1 N–H and O–H groups in total. The molecule has 0 radical (unpaired) electrons. The van der Waals surface area contributed by atoms with Crippen molar-refractivity contribution in [3.8, 4) is 17.2 Å². The Morgan fingerprint density at radius 2 is 1.71 bits per heavy atom. The molecule has 0 bridgehead atoms. The summed E-state index contributed by atoms with van der Waals surface area (Å²) in [5, 5.41) is 3.64. The van der Waals surface area contributed by atoms with Gasteiger partial charge in [-0.05, 0) is 62.9 Å². The second-order valence-electron chi connectivity index (χ2n) is 8.68. The van der Waals surface area contributed by atoms with Crippen molar-refractivity contribution in [2.24, 2.45) is 0 Å². The van der Waals surface area contributed by atoms with E-state index in [1.54, 1.807) is 21.3 Å². The molecule has 170 valence electrons. The van der Waals surface area contributed by atoms with Crippen LogP contribution < -0.4 is 19.5 Å². The predicted molar refractivity (Wildman–Crippen MR) is 124 cm³/mol. The number of ether oxygens (including phenoxy) is 4. The maximum Gasteiger partial charge on any atom is 0.161 e. The van der Waals surface area contributed by atoms with Gasteiger partial charge in [0.15, 0.2) is 11.5 Å². The van der Waals surface area contributed by atoms with E-state index in [9.17, 15) is 0 Å². The van der Waals surface area contributed by atoms with Crippen LogP contribution >= 0.6 is 0 Å². The average Bonchev–Trinajstić information content (AvgIpc) is 2.81. The van der Waals surface area contributed by atoms with Gasteiger partial charge in [0.25, 0.3) is 0 Å². The molecule has 0 aliphatic carbocycles. The summed E-state index contributed by atoms with van der Waals surface area (Å²) in [6.07, 6.45) is 4.03. The summed E-state index contributed by atoms with van der Waals surface area (Å²) in [5.74, 6) is 2.49. The van der Waals surface area contributed by atoms with E-state index in [2.05, 4.69) is 43.4 Å². The first-order chi connectivity index (χ1) is 15.0. The maximum absolute atomic E-state index is 6.20. The van der Waals surface area contributed by atoms with E-state index < -0.39 is 0 Å². The molecule has 2 aromatic rings. The molecule has 0 unspecified atom stereocenters. The molecule has 0 amide bonds. The van der Waals surface area contributed by atoms with Gasteiger partial charge in [-0.2, -0.15) is 0 Å². The van der Waals surface area contributed by atoms with E-state index in [0.29, 0.717) is 0 Å². The third-order valence-corrected chi connectivity index (χ3v) is 6.73. The first-order valence-electron chi connectivity index (χ1n) is 11.2. The van der Waals surface area contributed by atoms with Gasteiger partial charge in [-0.25, -0.2) is 0 Å². The van der Waals surface area contributed by atoms with Crippen LogP contribution in [-0.4, -0.2) is 40.1 Å². The molecule has 0 saturated carbocycles. The minimum absolute atomic E-state index is 0.0280. The Labute approximate surface area is 187 Å². The largest absolute Gasteiger partial charge is 0.496 e. The normalized spacial score (nSPS) is 23.4. The van der Waals surface area contributed by atoms with Gasteiger partial charge in [0.1, 0.15) is 5.75 Å². The van der Waals surface area contributed by atoms with Crippen LogP contribution in [0.15, 0.2) is 42.5 Å². The van der Waals surface area contributed by atoms with E-state index in [-0.39, 0.29) is 11.0 Å². The van der Waals surface area contributed by atoms with Crippen LogP contribution in [0.2, 0.25) is 0 Å². The van der Waals surface area contributed by atoms with Gasteiger partial charge in [0.05, 0.1) is 26.9 Å². The zero-order valence-corrected chi connectivity index (χ0v) is 19.6.